The Balaban J connectivity index is 2.28. The van der Waals surface area contributed by atoms with E-state index in [0.29, 0.717) is 5.92 Å². The van der Waals surface area contributed by atoms with Crippen LogP contribution in [0.4, 0.5) is 4.79 Å². The molecule has 1 fully saturated rings. The summed E-state index contributed by atoms with van der Waals surface area (Å²) >= 11 is 2.18. The summed E-state index contributed by atoms with van der Waals surface area (Å²) in [6.07, 6.45) is 5.61. The molecule has 3 nitrogen and oxygen atoms in total. The number of carbonyl (C=O) groups is 1. The molecule has 1 atom stereocenters. The van der Waals surface area contributed by atoms with Gasteiger partial charge in [0.15, 0.2) is 4.11 Å². The van der Waals surface area contributed by atoms with Crippen LogP contribution in [0.2, 0.25) is 0 Å². The van der Waals surface area contributed by atoms with Gasteiger partial charge < -0.3 is 9.47 Å². The molecule has 0 N–H and O–H groups in total. The molecule has 0 heterocycles. The van der Waals surface area contributed by atoms with Crippen LogP contribution in [-0.4, -0.2) is 17.4 Å². The highest BCUT2D eigenvalue weighted by Gasteiger charge is 2.24. The van der Waals surface area contributed by atoms with Gasteiger partial charge in [-0.1, -0.05) is 19.3 Å². The summed E-state index contributed by atoms with van der Waals surface area (Å²) in [6, 6.07) is 0. The van der Waals surface area contributed by atoms with Gasteiger partial charge in [-0.2, -0.15) is 0 Å². The van der Waals surface area contributed by atoms with Gasteiger partial charge in [0.2, 0.25) is 0 Å². The maximum Gasteiger partial charge on any atom is 0.509 e. The molecule has 0 bridgehead atoms. The lowest BCUT2D eigenvalue weighted by Crippen LogP contribution is -2.23. The van der Waals surface area contributed by atoms with Crippen LogP contribution in [0.3, 0.4) is 0 Å². The van der Waals surface area contributed by atoms with Gasteiger partial charge in [0.25, 0.3) is 0 Å². The van der Waals surface area contributed by atoms with Crippen molar-refractivity contribution in [2.45, 2.75) is 36.2 Å². The summed E-state index contributed by atoms with van der Waals surface area (Å²) in [6.45, 7) is 0. The van der Waals surface area contributed by atoms with Crippen LogP contribution in [0.5, 0.6) is 0 Å². The third kappa shape index (κ3) is 3.70. The summed E-state index contributed by atoms with van der Waals surface area (Å²) in [5, 5.41) is 0. The van der Waals surface area contributed by atoms with Crippen molar-refractivity contribution in [3.8, 4) is 0 Å². The third-order valence-corrected chi connectivity index (χ3v) is 3.67. The topological polar surface area (TPSA) is 35.5 Å². The zero-order chi connectivity index (χ0) is 9.68. The number of alkyl halides is 1. The first kappa shape index (κ1) is 11.1. The first-order valence-electron chi connectivity index (χ1n) is 4.62. The number of halogens is 1. The average molecular weight is 298 g/mol. The minimum absolute atomic E-state index is 0.0228. The fourth-order valence-electron chi connectivity index (χ4n) is 1.63. The van der Waals surface area contributed by atoms with E-state index in [9.17, 15) is 4.79 Å². The summed E-state index contributed by atoms with van der Waals surface area (Å²) in [7, 11) is 1.34. The quantitative estimate of drug-likeness (QED) is 0.446. The SMILES string of the molecule is COC(=O)OC(I)C1CCCCC1. The van der Waals surface area contributed by atoms with E-state index in [1.807, 2.05) is 0 Å². The Morgan fingerprint density at radius 2 is 2.00 bits per heavy atom. The minimum Gasteiger partial charge on any atom is -0.438 e. The van der Waals surface area contributed by atoms with Gasteiger partial charge in [0, 0.05) is 5.92 Å². The molecule has 0 aromatic heterocycles. The fraction of sp³-hybridized carbons (Fsp3) is 0.889. The Kier molecular flexibility index (Phi) is 4.83. The summed E-state index contributed by atoms with van der Waals surface area (Å²) < 4.78 is 9.49. The predicted molar refractivity (Wildman–Crippen MR) is 57.9 cm³/mol. The molecule has 4 heteroatoms. The third-order valence-electron chi connectivity index (χ3n) is 2.40. The smallest absolute Gasteiger partial charge is 0.438 e. The van der Waals surface area contributed by atoms with E-state index in [4.69, 9.17) is 4.74 Å². The molecule has 0 aliphatic heterocycles. The fourth-order valence-corrected chi connectivity index (χ4v) is 2.56. The molecule has 0 radical (unpaired) electrons. The number of ether oxygens (including phenoxy) is 2. The van der Waals surface area contributed by atoms with Gasteiger partial charge in [-0.3, -0.25) is 0 Å². The maximum absolute atomic E-state index is 10.8. The Morgan fingerprint density at radius 3 is 2.54 bits per heavy atom. The summed E-state index contributed by atoms with van der Waals surface area (Å²) in [4.78, 5) is 10.8. The van der Waals surface area contributed by atoms with E-state index in [2.05, 4.69) is 27.3 Å². The molecule has 1 saturated carbocycles. The lowest BCUT2D eigenvalue weighted by Gasteiger charge is -2.25. The molecule has 1 aliphatic rings. The predicted octanol–water partition coefficient (Wildman–Crippen LogP) is 3.11. The van der Waals surface area contributed by atoms with Crippen LogP contribution in [0.25, 0.3) is 0 Å². The molecule has 13 heavy (non-hydrogen) atoms. The van der Waals surface area contributed by atoms with E-state index >= 15 is 0 Å². The van der Waals surface area contributed by atoms with Crippen LogP contribution in [0.1, 0.15) is 32.1 Å². The molecule has 1 aliphatic carbocycles. The van der Waals surface area contributed by atoms with Gasteiger partial charge in [0.05, 0.1) is 7.11 Å². The Bertz CT molecular complexity index is 166. The summed E-state index contributed by atoms with van der Waals surface area (Å²) in [5.74, 6) is 0.522. The van der Waals surface area contributed by atoms with Crippen molar-refractivity contribution in [2.75, 3.05) is 7.11 Å². The molecule has 0 aromatic rings. The van der Waals surface area contributed by atoms with E-state index in [1.54, 1.807) is 0 Å². The van der Waals surface area contributed by atoms with Crippen molar-refractivity contribution >= 4 is 28.7 Å². The average Bonchev–Trinajstić information content (AvgIpc) is 2.19. The van der Waals surface area contributed by atoms with Crippen LogP contribution >= 0.6 is 22.6 Å². The minimum atomic E-state index is -0.565. The Hall–Kier alpha value is 0. The second kappa shape index (κ2) is 5.67. The summed E-state index contributed by atoms with van der Waals surface area (Å²) in [5.41, 5.74) is 0. The molecular formula is C9H15IO3. The highest BCUT2D eigenvalue weighted by Crippen LogP contribution is 2.31. The molecule has 1 unspecified atom stereocenters. The maximum atomic E-state index is 10.8. The number of hydrogen-bond donors (Lipinski definition) is 0. The lowest BCUT2D eigenvalue weighted by atomic mass is 9.90. The number of rotatable bonds is 2. The van der Waals surface area contributed by atoms with Crippen LogP contribution in [0, 0.1) is 5.92 Å². The van der Waals surface area contributed by atoms with Crippen molar-refractivity contribution in [2.24, 2.45) is 5.92 Å². The first-order chi connectivity index (χ1) is 6.24. The molecule has 0 spiro atoms. The second-order valence-electron chi connectivity index (χ2n) is 3.32. The van der Waals surface area contributed by atoms with Crippen LogP contribution in [-0.2, 0) is 9.47 Å². The molecule has 76 valence electrons. The van der Waals surface area contributed by atoms with Gasteiger partial charge in [0.1, 0.15) is 0 Å². The van der Waals surface area contributed by atoms with Crippen molar-refractivity contribution < 1.29 is 14.3 Å². The van der Waals surface area contributed by atoms with Gasteiger partial charge in [-0.25, -0.2) is 4.79 Å². The van der Waals surface area contributed by atoms with E-state index < -0.39 is 6.16 Å². The van der Waals surface area contributed by atoms with Crippen molar-refractivity contribution in [1.82, 2.24) is 0 Å². The Labute approximate surface area is 92.3 Å². The van der Waals surface area contributed by atoms with Gasteiger partial charge in [-0.05, 0) is 35.4 Å². The molecular weight excluding hydrogens is 283 g/mol. The van der Waals surface area contributed by atoms with E-state index in [0.717, 1.165) is 0 Å². The highest BCUT2D eigenvalue weighted by molar-refractivity contribution is 14.1. The normalized spacial score (nSPS) is 20.8. The molecule has 0 saturated heterocycles. The van der Waals surface area contributed by atoms with Gasteiger partial charge in [-0.15, -0.1) is 0 Å². The van der Waals surface area contributed by atoms with Crippen molar-refractivity contribution in [1.29, 1.82) is 0 Å². The van der Waals surface area contributed by atoms with E-state index in [1.165, 1.54) is 39.2 Å². The van der Waals surface area contributed by atoms with Gasteiger partial charge >= 0.3 is 6.16 Å². The van der Waals surface area contributed by atoms with Crippen LogP contribution < -0.4 is 0 Å². The molecule has 0 amide bonds. The monoisotopic (exact) mass is 298 g/mol. The Morgan fingerprint density at radius 1 is 1.38 bits per heavy atom. The number of hydrogen-bond acceptors (Lipinski definition) is 3. The van der Waals surface area contributed by atoms with Crippen molar-refractivity contribution in [3.63, 3.8) is 0 Å². The number of methoxy groups -OCH3 is 1. The molecule has 0 aromatic carbocycles. The first-order valence-corrected chi connectivity index (χ1v) is 5.87. The standard InChI is InChI=1S/C9H15IO3/c1-12-9(11)13-8(10)7-5-3-2-4-6-7/h7-8H,2-6H2,1H3. The van der Waals surface area contributed by atoms with E-state index in [-0.39, 0.29) is 4.11 Å². The van der Waals surface area contributed by atoms with Crippen LogP contribution in [0.15, 0.2) is 0 Å². The lowest BCUT2D eigenvalue weighted by molar-refractivity contribution is 0.0473. The molecule has 1 rings (SSSR count). The zero-order valence-electron chi connectivity index (χ0n) is 7.79. The second-order valence-corrected chi connectivity index (χ2v) is 4.55. The highest BCUT2D eigenvalue weighted by atomic mass is 127. The largest absolute Gasteiger partial charge is 0.509 e. The zero-order valence-corrected chi connectivity index (χ0v) is 9.95. The number of carbonyl (C=O) groups excluding carboxylic acids is 1. The van der Waals surface area contributed by atoms with Crippen molar-refractivity contribution in [3.05, 3.63) is 0 Å².